The number of carbonyl (C=O) groups is 4. The van der Waals surface area contributed by atoms with Crippen molar-refractivity contribution in [3.8, 4) is 0 Å². The summed E-state index contributed by atoms with van der Waals surface area (Å²) in [5.74, 6) is -2.97. The van der Waals surface area contributed by atoms with Crippen LogP contribution >= 0.6 is 0 Å². The molecule has 0 bridgehead atoms. The molecule has 0 atom stereocenters. The summed E-state index contributed by atoms with van der Waals surface area (Å²) in [6.07, 6.45) is 1.30. The van der Waals surface area contributed by atoms with Crippen LogP contribution in [-0.4, -0.2) is 37.5 Å². The maximum atomic E-state index is 11.1. The van der Waals surface area contributed by atoms with Gasteiger partial charge in [0.1, 0.15) is 0 Å². The molecular formula is C12H14O8. The molecule has 0 aliphatic rings. The lowest BCUT2D eigenvalue weighted by atomic mass is 10.3. The van der Waals surface area contributed by atoms with Crippen molar-refractivity contribution in [1.82, 2.24) is 0 Å². The molecule has 0 aliphatic carbocycles. The second kappa shape index (κ2) is 10.3. The topological polar surface area (TPSA) is 105 Å². The average molecular weight is 286 g/mol. The van der Waals surface area contributed by atoms with Crippen molar-refractivity contribution in [3.05, 3.63) is 25.3 Å². The van der Waals surface area contributed by atoms with E-state index in [-0.39, 0.29) is 12.8 Å². The van der Waals surface area contributed by atoms with Gasteiger partial charge in [-0.15, -0.1) is 0 Å². The van der Waals surface area contributed by atoms with E-state index in [2.05, 4.69) is 32.1 Å². The lowest BCUT2D eigenvalue weighted by Crippen LogP contribution is -2.15. The Bertz CT molecular complexity index is 360. The van der Waals surface area contributed by atoms with E-state index in [1.54, 1.807) is 0 Å². The molecule has 0 aliphatic heterocycles. The zero-order chi connectivity index (χ0) is 15.4. The Morgan fingerprint density at radius 2 is 1.05 bits per heavy atom. The van der Waals surface area contributed by atoms with E-state index in [1.165, 1.54) is 0 Å². The van der Waals surface area contributed by atoms with Crippen LogP contribution in [0.4, 0.5) is 0 Å². The highest BCUT2D eigenvalue weighted by Crippen LogP contribution is 1.97. The molecule has 0 heterocycles. The number of ether oxygens (including phenoxy) is 4. The highest BCUT2D eigenvalue weighted by Gasteiger charge is 2.10. The molecule has 0 saturated carbocycles. The van der Waals surface area contributed by atoms with E-state index in [0.717, 1.165) is 12.2 Å². The average Bonchev–Trinajstić information content (AvgIpc) is 2.44. The molecular weight excluding hydrogens is 272 g/mol. The van der Waals surface area contributed by atoms with Crippen LogP contribution in [0.5, 0.6) is 0 Å². The van der Waals surface area contributed by atoms with Crippen molar-refractivity contribution in [3.63, 3.8) is 0 Å². The van der Waals surface area contributed by atoms with Crippen LogP contribution in [-0.2, 0) is 38.1 Å². The molecule has 110 valence electrons. The monoisotopic (exact) mass is 286 g/mol. The van der Waals surface area contributed by atoms with E-state index in [0.29, 0.717) is 0 Å². The fraction of sp³-hybridized carbons (Fsp3) is 0.333. The minimum Gasteiger partial charge on any atom is -0.428 e. The van der Waals surface area contributed by atoms with Crippen LogP contribution in [0.1, 0.15) is 12.8 Å². The Balaban J connectivity index is 3.65. The molecule has 8 heteroatoms. The van der Waals surface area contributed by atoms with Crippen molar-refractivity contribution < 1.29 is 38.1 Å². The van der Waals surface area contributed by atoms with Gasteiger partial charge < -0.3 is 18.9 Å². The molecule has 0 aromatic heterocycles. The van der Waals surface area contributed by atoms with Crippen molar-refractivity contribution in [2.24, 2.45) is 0 Å². The summed E-state index contributed by atoms with van der Waals surface area (Å²) in [5, 5.41) is 0. The molecule has 0 N–H and O–H groups in total. The van der Waals surface area contributed by atoms with Gasteiger partial charge in [-0.25, -0.2) is 9.59 Å². The summed E-state index contributed by atoms with van der Waals surface area (Å²) in [6, 6.07) is 0. The summed E-state index contributed by atoms with van der Waals surface area (Å²) in [4.78, 5) is 43.4. The summed E-state index contributed by atoms with van der Waals surface area (Å²) in [5.41, 5.74) is 0. The van der Waals surface area contributed by atoms with Gasteiger partial charge in [0.05, 0.1) is 12.8 Å². The molecule has 0 unspecified atom stereocenters. The van der Waals surface area contributed by atoms with Crippen LogP contribution in [0.3, 0.4) is 0 Å². The third-order valence-corrected chi connectivity index (χ3v) is 1.71. The second-order valence-corrected chi connectivity index (χ2v) is 3.10. The van der Waals surface area contributed by atoms with Crippen LogP contribution in [0, 0.1) is 0 Å². The van der Waals surface area contributed by atoms with Gasteiger partial charge in [0.25, 0.3) is 0 Å². The van der Waals surface area contributed by atoms with E-state index in [4.69, 9.17) is 0 Å². The van der Waals surface area contributed by atoms with Crippen LogP contribution in [0.2, 0.25) is 0 Å². The van der Waals surface area contributed by atoms with E-state index < -0.39 is 37.5 Å². The number of hydrogen-bond donors (Lipinski definition) is 0. The van der Waals surface area contributed by atoms with Gasteiger partial charge in [-0.05, 0) is 0 Å². The van der Waals surface area contributed by atoms with Crippen molar-refractivity contribution >= 4 is 23.9 Å². The lowest BCUT2D eigenvalue weighted by molar-refractivity contribution is -0.169. The number of carbonyl (C=O) groups excluding carboxylic acids is 4. The van der Waals surface area contributed by atoms with Crippen LogP contribution < -0.4 is 0 Å². The zero-order valence-electron chi connectivity index (χ0n) is 10.7. The van der Waals surface area contributed by atoms with Crippen molar-refractivity contribution in [1.29, 1.82) is 0 Å². The van der Waals surface area contributed by atoms with Gasteiger partial charge in [0.15, 0.2) is 0 Å². The molecule has 0 amide bonds. The van der Waals surface area contributed by atoms with E-state index in [9.17, 15) is 19.2 Å². The minimum absolute atomic E-state index is 0.264. The predicted octanol–water partition coefficient (Wildman–Crippen LogP) is 0.226. The third kappa shape index (κ3) is 9.40. The fourth-order valence-electron chi connectivity index (χ4n) is 0.773. The molecule has 0 radical (unpaired) electrons. The van der Waals surface area contributed by atoms with E-state index >= 15 is 0 Å². The minimum atomic E-state index is -0.748. The van der Waals surface area contributed by atoms with Crippen LogP contribution in [0.25, 0.3) is 0 Å². The molecule has 0 aromatic carbocycles. The summed E-state index contributed by atoms with van der Waals surface area (Å²) >= 11 is 0. The zero-order valence-corrected chi connectivity index (χ0v) is 10.7. The molecule has 8 nitrogen and oxygen atoms in total. The van der Waals surface area contributed by atoms with Gasteiger partial charge >= 0.3 is 23.9 Å². The predicted molar refractivity (Wildman–Crippen MR) is 63.7 cm³/mol. The molecule has 0 spiro atoms. The van der Waals surface area contributed by atoms with Gasteiger partial charge in [-0.1, -0.05) is 13.2 Å². The number of esters is 4. The summed E-state index contributed by atoms with van der Waals surface area (Å²) in [7, 11) is 0. The Hall–Kier alpha value is -2.64. The first-order chi connectivity index (χ1) is 9.49. The second-order valence-electron chi connectivity index (χ2n) is 3.10. The summed E-state index contributed by atoms with van der Waals surface area (Å²) < 4.78 is 17.8. The number of hydrogen-bond acceptors (Lipinski definition) is 8. The highest BCUT2D eigenvalue weighted by molar-refractivity contribution is 5.82. The Morgan fingerprint density at radius 3 is 1.35 bits per heavy atom. The Morgan fingerprint density at radius 1 is 0.700 bits per heavy atom. The van der Waals surface area contributed by atoms with Crippen molar-refractivity contribution in [2.75, 3.05) is 13.6 Å². The first kappa shape index (κ1) is 17.4. The lowest BCUT2D eigenvalue weighted by Gasteiger charge is -2.05. The largest absolute Gasteiger partial charge is 0.428 e. The van der Waals surface area contributed by atoms with Gasteiger partial charge in [0.2, 0.25) is 13.6 Å². The van der Waals surface area contributed by atoms with Crippen LogP contribution in [0.15, 0.2) is 25.3 Å². The summed E-state index contributed by atoms with van der Waals surface area (Å²) in [6.45, 7) is 5.17. The SMILES string of the molecule is C=CC(=O)OCOC(=O)CCC(=O)OCOC(=O)C=C. The smallest absolute Gasteiger partial charge is 0.333 e. The maximum absolute atomic E-state index is 11.1. The quantitative estimate of drug-likeness (QED) is 0.337. The molecule has 0 aromatic rings. The fourth-order valence-corrected chi connectivity index (χ4v) is 0.773. The number of rotatable bonds is 9. The van der Waals surface area contributed by atoms with Gasteiger partial charge in [-0.3, -0.25) is 9.59 Å². The first-order valence-corrected chi connectivity index (χ1v) is 5.39. The Labute approximate surface area is 114 Å². The van der Waals surface area contributed by atoms with Gasteiger partial charge in [0, 0.05) is 12.2 Å². The highest BCUT2D eigenvalue weighted by atomic mass is 16.7. The Kier molecular flexibility index (Phi) is 8.94. The first-order valence-electron chi connectivity index (χ1n) is 5.39. The molecule has 20 heavy (non-hydrogen) atoms. The standard InChI is InChI=1S/C12H14O8/c1-3-9(13)17-7-19-11(15)5-6-12(16)20-8-18-10(14)4-2/h3-4H,1-2,5-8H2. The maximum Gasteiger partial charge on any atom is 0.333 e. The van der Waals surface area contributed by atoms with Crippen molar-refractivity contribution in [2.45, 2.75) is 12.8 Å². The normalized spacial score (nSPS) is 9.00. The van der Waals surface area contributed by atoms with Gasteiger partial charge in [-0.2, -0.15) is 0 Å². The molecule has 0 saturated heterocycles. The molecule has 0 rings (SSSR count). The van der Waals surface area contributed by atoms with E-state index in [1.807, 2.05) is 0 Å². The molecule has 0 fully saturated rings. The third-order valence-electron chi connectivity index (χ3n) is 1.71.